The van der Waals surface area contributed by atoms with Crippen LogP contribution in [0, 0.1) is 5.92 Å². The second-order valence-corrected chi connectivity index (χ2v) is 4.45. The first kappa shape index (κ1) is 13.0. The largest absolute Gasteiger partial charge is 0.469 e. The van der Waals surface area contributed by atoms with E-state index in [1.807, 2.05) is 0 Å². The highest BCUT2D eigenvalue weighted by Gasteiger charge is 2.37. The number of carbonyl (C=O) groups excluding carboxylic acids is 2. The van der Waals surface area contributed by atoms with E-state index in [1.165, 1.54) is 18.3 Å². The van der Waals surface area contributed by atoms with Gasteiger partial charge < -0.3 is 9.64 Å². The second-order valence-electron chi connectivity index (χ2n) is 3.73. The van der Waals surface area contributed by atoms with Crippen molar-refractivity contribution in [3.05, 3.63) is 16.6 Å². The minimum Gasteiger partial charge on any atom is -0.469 e. The molecular weight excluding hydrogens is 281 g/mol. The van der Waals surface area contributed by atoms with Crippen LogP contribution in [0.2, 0.25) is 10.3 Å². The SMILES string of the molecule is COC(=O)C1CC(=O)N(c2c(Cl)ncnc2Cl)C1. The van der Waals surface area contributed by atoms with Crippen LogP contribution in [-0.4, -0.2) is 35.5 Å². The normalized spacial score (nSPS) is 19.2. The molecule has 0 saturated carbocycles. The van der Waals surface area contributed by atoms with Gasteiger partial charge in [0.2, 0.25) is 5.91 Å². The van der Waals surface area contributed by atoms with E-state index in [9.17, 15) is 9.59 Å². The number of esters is 1. The summed E-state index contributed by atoms with van der Waals surface area (Å²) in [4.78, 5) is 32.1. The summed E-state index contributed by atoms with van der Waals surface area (Å²) in [5, 5.41) is 0.155. The van der Waals surface area contributed by atoms with Crippen molar-refractivity contribution in [2.24, 2.45) is 5.92 Å². The number of hydrogen-bond acceptors (Lipinski definition) is 5. The van der Waals surface area contributed by atoms with E-state index in [1.54, 1.807) is 0 Å². The molecule has 2 heterocycles. The molecule has 8 heteroatoms. The van der Waals surface area contributed by atoms with Crippen LogP contribution in [0.3, 0.4) is 0 Å². The molecule has 6 nitrogen and oxygen atoms in total. The lowest BCUT2D eigenvalue weighted by Crippen LogP contribution is -2.27. The standard InChI is InChI=1S/C10H9Cl2N3O3/c1-18-10(17)5-2-6(16)15(3-5)7-8(11)13-4-14-9(7)12/h4-5H,2-3H2,1H3. The first-order chi connectivity index (χ1) is 8.54. The van der Waals surface area contributed by atoms with E-state index in [-0.39, 0.29) is 34.9 Å². The number of hydrogen-bond donors (Lipinski definition) is 0. The molecule has 2 rings (SSSR count). The van der Waals surface area contributed by atoms with Gasteiger partial charge in [-0.2, -0.15) is 0 Å². The Hall–Kier alpha value is -1.40. The number of carbonyl (C=O) groups is 2. The van der Waals surface area contributed by atoms with Crippen molar-refractivity contribution in [2.75, 3.05) is 18.6 Å². The lowest BCUT2D eigenvalue weighted by atomic mass is 10.1. The number of nitrogens with zero attached hydrogens (tertiary/aromatic N) is 3. The van der Waals surface area contributed by atoms with Crippen molar-refractivity contribution >= 4 is 40.8 Å². The van der Waals surface area contributed by atoms with Crippen molar-refractivity contribution in [3.63, 3.8) is 0 Å². The third-order valence-corrected chi connectivity index (χ3v) is 3.22. The zero-order valence-electron chi connectivity index (χ0n) is 9.39. The van der Waals surface area contributed by atoms with E-state index >= 15 is 0 Å². The molecule has 0 bridgehead atoms. The predicted octanol–water partition coefficient (Wildman–Crippen LogP) is 1.31. The highest BCUT2D eigenvalue weighted by atomic mass is 35.5. The molecule has 1 unspecified atom stereocenters. The molecule has 0 spiro atoms. The molecule has 18 heavy (non-hydrogen) atoms. The molecule has 96 valence electrons. The Morgan fingerprint density at radius 2 is 2.06 bits per heavy atom. The van der Waals surface area contributed by atoms with Crippen LogP contribution >= 0.6 is 23.2 Å². The van der Waals surface area contributed by atoms with Crippen LogP contribution in [0.1, 0.15) is 6.42 Å². The average Bonchev–Trinajstić information content (AvgIpc) is 2.70. The maximum Gasteiger partial charge on any atom is 0.311 e. The zero-order chi connectivity index (χ0) is 13.3. The maximum absolute atomic E-state index is 11.9. The summed E-state index contributed by atoms with van der Waals surface area (Å²) in [7, 11) is 1.28. The molecule has 1 aromatic heterocycles. The predicted molar refractivity (Wildman–Crippen MR) is 64.5 cm³/mol. The van der Waals surface area contributed by atoms with Gasteiger partial charge in [-0.15, -0.1) is 0 Å². The fraction of sp³-hybridized carbons (Fsp3) is 0.400. The van der Waals surface area contributed by atoms with Gasteiger partial charge in [-0.3, -0.25) is 9.59 Å². The fourth-order valence-electron chi connectivity index (χ4n) is 1.81. The first-order valence-electron chi connectivity index (χ1n) is 5.08. The Bertz CT molecular complexity index is 489. The number of rotatable bonds is 2. The summed E-state index contributed by atoms with van der Waals surface area (Å²) in [5.74, 6) is -1.21. The van der Waals surface area contributed by atoms with Crippen LogP contribution in [0.15, 0.2) is 6.33 Å². The van der Waals surface area contributed by atoms with Crippen molar-refractivity contribution < 1.29 is 14.3 Å². The molecular formula is C10H9Cl2N3O3. The van der Waals surface area contributed by atoms with Gasteiger partial charge in [0.15, 0.2) is 10.3 Å². The minimum absolute atomic E-state index is 0.0637. The van der Waals surface area contributed by atoms with E-state index in [4.69, 9.17) is 23.2 Å². The Morgan fingerprint density at radius 1 is 1.44 bits per heavy atom. The summed E-state index contributed by atoms with van der Waals surface area (Å²) >= 11 is 11.8. The molecule has 1 aromatic rings. The molecule has 0 aromatic carbocycles. The van der Waals surface area contributed by atoms with Crippen LogP contribution in [0.4, 0.5) is 5.69 Å². The molecule has 0 N–H and O–H groups in total. The Balaban J connectivity index is 2.30. The Morgan fingerprint density at radius 3 is 2.61 bits per heavy atom. The van der Waals surface area contributed by atoms with Crippen LogP contribution in [0.5, 0.6) is 0 Å². The van der Waals surface area contributed by atoms with Gasteiger partial charge in [0.1, 0.15) is 12.0 Å². The third kappa shape index (κ3) is 2.26. The van der Waals surface area contributed by atoms with Gasteiger partial charge in [0.05, 0.1) is 13.0 Å². The number of ether oxygens (including phenoxy) is 1. The summed E-state index contributed by atoms with van der Waals surface area (Å²) in [6.07, 6.45) is 1.26. The molecule has 1 saturated heterocycles. The lowest BCUT2D eigenvalue weighted by molar-refractivity contribution is -0.145. The summed E-state index contributed by atoms with van der Waals surface area (Å²) < 4.78 is 4.61. The van der Waals surface area contributed by atoms with Crippen LogP contribution < -0.4 is 4.90 Å². The van der Waals surface area contributed by atoms with Gasteiger partial charge in [-0.25, -0.2) is 9.97 Å². The smallest absolute Gasteiger partial charge is 0.311 e. The highest BCUT2D eigenvalue weighted by molar-refractivity contribution is 6.38. The molecule has 1 aliphatic heterocycles. The number of methoxy groups -OCH3 is 1. The molecule has 1 fully saturated rings. The molecule has 1 atom stereocenters. The molecule has 1 amide bonds. The Labute approximate surface area is 113 Å². The zero-order valence-corrected chi connectivity index (χ0v) is 10.9. The molecule has 0 aliphatic carbocycles. The van der Waals surface area contributed by atoms with Crippen molar-refractivity contribution in [3.8, 4) is 0 Å². The lowest BCUT2D eigenvalue weighted by Gasteiger charge is -2.17. The second kappa shape index (κ2) is 5.07. The summed E-state index contributed by atoms with van der Waals surface area (Å²) in [5.41, 5.74) is 0.234. The highest BCUT2D eigenvalue weighted by Crippen LogP contribution is 2.34. The van der Waals surface area contributed by atoms with Crippen molar-refractivity contribution in [1.82, 2.24) is 9.97 Å². The fourth-order valence-corrected chi connectivity index (χ4v) is 2.33. The minimum atomic E-state index is -0.519. The van der Waals surface area contributed by atoms with Gasteiger partial charge in [-0.05, 0) is 0 Å². The average molecular weight is 290 g/mol. The van der Waals surface area contributed by atoms with Crippen molar-refractivity contribution in [2.45, 2.75) is 6.42 Å². The molecule has 0 radical (unpaired) electrons. The van der Waals surface area contributed by atoms with Gasteiger partial charge >= 0.3 is 5.97 Å². The van der Waals surface area contributed by atoms with Crippen LogP contribution in [0.25, 0.3) is 0 Å². The third-order valence-electron chi connectivity index (χ3n) is 2.66. The number of amides is 1. The van der Waals surface area contributed by atoms with Crippen molar-refractivity contribution in [1.29, 1.82) is 0 Å². The Kier molecular flexibility index (Phi) is 3.68. The quantitative estimate of drug-likeness (QED) is 0.606. The summed E-state index contributed by atoms with van der Waals surface area (Å²) in [6.45, 7) is 0.165. The monoisotopic (exact) mass is 289 g/mol. The van der Waals surface area contributed by atoms with E-state index < -0.39 is 11.9 Å². The number of anilines is 1. The van der Waals surface area contributed by atoms with Gasteiger partial charge in [-0.1, -0.05) is 23.2 Å². The van der Waals surface area contributed by atoms with E-state index in [2.05, 4.69) is 14.7 Å². The molecule has 1 aliphatic rings. The van der Waals surface area contributed by atoms with Gasteiger partial charge in [0, 0.05) is 13.0 Å². The summed E-state index contributed by atoms with van der Waals surface area (Å²) in [6, 6.07) is 0. The maximum atomic E-state index is 11.9. The van der Waals surface area contributed by atoms with E-state index in [0.717, 1.165) is 0 Å². The number of aromatic nitrogens is 2. The van der Waals surface area contributed by atoms with Crippen LogP contribution in [-0.2, 0) is 14.3 Å². The van der Waals surface area contributed by atoms with E-state index in [0.29, 0.717) is 0 Å². The topological polar surface area (TPSA) is 72.4 Å². The van der Waals surface area contributed by atoms with Gasteiger partial charge in [0.25, 0.3) is 0 Å². The first-order valence-corrected chi connectivity index (χ1v) is 5.84. The number of halogens is 2.